The average molecular weight is 482 g/mol. The first kappa shape index (κ1) is 24.7. The normalized spacial score (nSPS) is 20.2. The maximum atomic E-state index is 13.2. The summed E-state index contributed by atoms with van der Waals surface area (Å²) in [7, 11) is 3.54. The molecular formula is C26H31N3O6. The minimum Gasteiger partial charge on any atom is -0.481 e. The van der Waals surface area contributed by atoms with Crippen molar-refractivity contribution in [2.75, 3.05) is 40.3 Å². The number of carbonyl (C=O) groups excluding carboxylic acids is 2. The minimum atomic E-state index is -1.06. The number of carbonyl (C=O) groups is 3. The molecule has 1 heterocycles. The molecule has 2 aromatic rings. The number of piperidine rings is 1. The Morgan fingerprint density at radius 3 is 2.23 bits per heavy atom. The zero-order valence-electron chi connectivity index (χ0n) is 19.9. The predicted octanol–water partition coefficient (Wildman–Crippen LogP) is 1.75. The van der Waals surface area contributed by atoms with Crippen molar-refractivity contribution in [3.63, 3.8) is 0 Å². The van der Waals surface area contributed by atoms with Crippen molar-refractivity contribution in [1.82, 2.24) is 15.1 Å². The van der Waals surface area contributed by atoms with Gasteiger partial charge in [0.1, 0.15) is 12.6 Å². The summed E-state index contributed by atoms with van der Waals surface area (Å²) in [5.41, 5.74) is 4.41. The van der Waals surface area contributed by atoms with Crippen molar-refractivity contribution < 1.29 is 29.3 Å². The number of carboxylic acid groups (broad SMARTS) is 1. The van der Waals surface area contributed by atoms with Gasteiger partial charge < -0.3 is 30.1 Å². The molecule has 3 N–H and O–H groups in total. The molecule has 35 heavy (non-hydrogen) atoms. The second-order valence-corrected chi connectivity index (χ2v) is 9.45. The zero-order chi connectivity index (χ0) is 25.1. The van der Waals surface area contributed by atoms with Crippen molar-refractivity contribution in [1.29, 1.82) is 0 Å². The second kappa shape index (κ2) is 10.5. The van der Waals surface area contributed by atoms with Crippen LogP contribution in [0, 0.1) is 5.92 Å². The van der Waals surface area contributed by atoms with Crippen LogP contribution < -0.4 is 5.32 Å². The van der Waals surface area contributed by atoms with Crippen LogP contribution in [0.5, 0.6) is 0 Å². The molecule has 1 aliphatic heterocycles. The number of alkyl carbamates (subject to hydrolysis) is 1. The smallest absolute Gasteiger partial charge is 0.407 e. The summed E-state index contributed by atoms with van der Waals surface area (Å²) in [6.07, 6.45) is -1.56. The number of β-amino-alcohol motifs (C(OH)–C–C–N with tert-alkyl or cyclic N) is 1. The number of ether oxygens (including phenoxy) is 1. The van der Waals surface area contributed by atoms with E-state index >= 15 is 0 Å². The van der Waals surface area contributed by atoms with Gasteiger partial charge >= 0.3 is 12.1 Å². The summed E-state index contributed by atoms with van der Waals surface area (Å²) in [6.45, 7) is 0.333. The molecule has 1 aliphatic carbocycles. The average Bonchev–Trinajstić information content (AvgIpc) is 3.15. The molecule has 2 unspecified atom stereocenters. The van der Waals surface area contributed by atoms with E-state index in [1.54, 1.807) is 19.0 Å². The summed E-state index contributed by atoms with van der Waals surface area (Å²) in [5.74, 6) is -2.46. The molecule has 9 nitrogen and oxygen atoms in total. The molecule has 0 aromatic heterocycles. The van der Waals surface area contributed by atoms with Crippen LogP contribution >= 0.6 is 0 Å². The van der Waals surface area contributed by atoms with Gasteiger partial charge in [0.05, 0.1) is 12.0 Å². The van der Waals surface area contributed by atoms with Crippen molar-refractivity contribution in [3.8, 4) is 11.1 Å². The monoisotopic (exact) mass is 481 g/mol. The highest BCUT2D eigenvalue weighted by atomic mass is 16.5. The number of likely N-dealkylation sites (N-methyl/N-ethyl adjacent to an activating group) is 1. The van der Waals surface area contributed by atoms with Crippen molar-refractivity contribution in [2.24, 2.45) is 5.92 Å². The van der Waals surface area contributed by atoms with Crippen LogP contribution in [0.2, 0.25) is 0 Å². The molecule has 0 bridgehead atoms. The highest BCUT2D eigenvalue weighted by molar-refractivity contribution is 5.87. The number of likely N-dealkylation sites (tertiary alicyclic amines) is 1. The molecular weight excluding hydrogens is 450 g/mol. The fraction of sp³-hybridized carbons (Fsp3) is 0.423. The number of aliphatic hydroxyl groups excluding tert-OH is 1. The fourth-order valence-electron chi connectivity index (χ4n) is 4.98. The number of amides is 2. The van der Waals surface area contributed by atoms with Crippen LogP contribution in [0.3, 0.4) is 0 Å². The van der Waals surface area contributed by atoms with E-state index in [0.717, 1.165) is 22.3 Å². The van der Waals surface area contributed by atoms with E-state index in [9.17, 15) is 24.6 Å². The predicted molar refractivity (Wildman–Crippen MR) is 129 cm³/mol. The molecule has 1 fully saturated rings. The first-order valence-corrected chi connectivity index (χ1v) is 11.7. The van der Waals surface area contributed by atoms with E-state index in [1.165, 1.54) is 4.90 Å². The lowest BCUT2D eigenvalue weighted by Crippen LogP contribution is -2.57. The van der Waals surface area contributed by atoms with E-state index in [4.69, 9.17) is 4.74 Å². The number of aliphatic hydroxyl groups is 1. The van der Waals surface area contributed by atoms with Crippen LogP contribution in [-0.4, -0.2) is 90.5 Å². The van der Waals surface area contributed by atoms with E-state index in [0.29, 0.717) is 0 Å². The Labute approximate surface area is 204 Å². The standard InChI is InChI=1S/C26H31N3O6/c1-28(2)14-23(24(31)29-12-16(25(32)33)11-17(30)13-29)27-26(34)35-15-22-20-9-5-3-7-18(20)19-8-4-6-10-21(19)22/h3-10,16-17,22-23,30H,11-15H2,1-2H3,(H,27,34)(H,32,33)/t16?,17?,23-/m0/s1. The number of hydrogen-bond acceptors (Lipinski definition) is 6. The Bertz CT molecular complexity index is 1060. The summed E-state index contributed by atoms with van der Waals surface area (Å²) in [6, 6.07) is 15.1. The van der Waals surface area contributed by atoms with Crippen molar-refractivity contribution in [2.45, 2.75) is 24.5 Å². The Hall–Kier alpha value is -3.43. The number of benzene rings is 2. The Kier molecular flexibility index (Phi) is 7.37. The molecule has 2 aromatic carbocycles. The molecule has 2 amide bonds. The van der Waals surface area contributed by atoms with Crippen LogP contribution in [0.25, 0.3) is 11.1 Å². The maximum Gasteiger partial charge on any atom is 0.407 e. The summed E-state index contributed by atoms with van der Waals surface area (Å²) < 4.78 is 5.59. The van der Waals surface area contributed by atoms with E-state index in [1.807, 2.05) is 36.4 Å². The van der Waals surface area contributed by atoms with E-state index < -0.39 is 36.0 Å². The zero-order valence-corrected chi connectivity index (χ0v) is 19.9. The van der Waals surface area contributed by atoms with Gasteiger partial charge in [-0.3, -0.25) is 9.59 Å². The lowest BCUT2D eigenvalue weighted by atomic mass is 9.95. The molecule has 3 atom stereocenters. The first-order chi connectivity index (χ1) is 16.7. The number of aliphatic carboxylic acids is 1. The molecule has 2 aliphatic rings. The summed E-state index contributed by atoms with van der Waals surface area (Å²) >= 11 is 0. The third kappa shape index (κ3) is 5.47. The lowest BCUT2D eigenvalue weighted by molar-refractivity contribution is -0.149. The van der Waals surface area contributed by atoms with E-state index in [-0.39, 0.29) is 38.6 Å². The van der Waals surface area contributed by atoms with Gasteiger partial charge in [0.15, 0.2) is 0 Å². The molecule has 0 spiro atoms. The number of nitrogens with zero attached hydrogens (tertiary/aromatic N) is 2. The third-order valence-corrected chi connectivity index (χ3v) is 6.57. The SMILES string of the molecule is CN(C)C[C@H](NC(=O)OCC1c2ccccc2-c2ccccc21)C(=O)N1CC(O)CC(C(=O)O)C1. The largest absolute Gasteiger partial charge is 0.481 e. The Morgan fingerprint density at radius 1 is 1.06 bits per heavy atom. The van der Waals surface area contributed by atoms with Crippen molar-refractivity contribution in [3.05, 3.63) is 59.7 Å². The van der Waals surface area contributed by atoms with E-state index in [2.05, 4.69) is 17.4 Å². The van der Waals surface area contributed by atoms with Gasteiger partial charge in [0.2, 0.25) is 5.91 Å². The number of carboxylic acids is 1. The highest BCUT2D eigenvalue weighted by Gasteiger charge is 2.36. The van der Waals surface area contributed by atoms with Crippen molar-refractivity contribution >= 4 is 18.0 Å². The molecule has 1 saturated heterocycles. The van der Waals surface area contributed by atoms with Gasteiger partial charge in [-0.05, 0) is 42.8 Å². The van der Waals surface area contributed by atoms with Gasteiger partial charge in [-0.15, -0.1) is 0 Å². The number of fused-ring (bicyclic) bond motifs is 3. The van der Waals surface area contributed by atoms with Crippen LogP contribution in [0.1, 0.15) is 23.5 Å². The van der Waals surface area contributed by atoms with Gasteiger partial charge in [-0.1, -0.05) is 48.5 Å². The molecule has 0 radical (unpaired) electrons. The topological polar surface area (TPSA) is 119 Å². The maximum absolute atomic E-state index is 13.2. The highest BCUT2D eigenvalue weighted by Crippen LogP contribution is 2.44. The van der Waals surface area contributed by atoms with Crippen LogP contribution in [0.15, 0.2) is 48.5 Å². The third-order valence-electron chi connectivity index (χ3n) is 6.57. The number of rotatable bonds is 7. The second-order valence-electron chi connectivity index (χ2n) is 9.45. The van der Waals surface area contributed by atoms with Gasteiger partial charge in [-0.2, -0.15) is 0 Å². The molecule has 0 saturated carbocycles. The molecule has 4 rings (SSSR count). The fourth-order valence-corrected chi connectivity index (χ4v) is 4.98. The summed E-state index contributed by atoms with van der Waals surface area (Å²) in [5, 5.41) is 22.1. The first-order valence-electron chi connectivity index (χ1n) is 11.7. The molecule has 9 heteroatoms. The van der Waals surface area contributed by atoms with Crippen LogP contribution in [-0.2, 0) is 14.3 Å². The Balaban J connectivity index is 1.43. The van der Waals surface area contributed by atoms with Gasteiger partial charge in [0.25, 0.3) is 0 Å². The lowest BCUT2D eigenvalue weighted by Gasteiger charge is -2.36. The Morgan fingerprint density at radius 2 is 1.66 bits per heavy atom. The number of nitrogens with one attached hydrogen (secondary N) is 1. The minimum absolute atomic E-state index is 0.0124. The van der Waals surface area contributed by atoms with Gasteiger partial charge in [0, 0.05) is 25.6 Å². The summed E-state index contributed by atoms with van der Waals surface area (Å²) in [4.78, 5) is 40.5. The quantitative estimate of drug-likeness (QED) is 0.551. The molecule has 186 valence electrons. The van der Waals surface area contributed by atoms with Gasteiger partial charge in [-0.25, -0.2) is 4.79 Å². The number of hydrogen-bond donors (Lipinski definition) is 3. The van der Waals surface area contributed by atoms with Crippen LogP contribution in [0.4, 0.5) is 4.79 Å².